The third-order valence-corrected chi connectivity index (χ3v) is 3.78. The van der Waals surface area contributed by atoms with E-state index in [2.05, 4.69) is 20.8 Å². The molecule has 0 radical (unpaired) electrons. The molecule has 18 heavy (non-hydrogen) atoms. The van der Waals surface area contributed by atoms with Crippen LogP contribution in [0.15, 0.2) is 0 Å². The molecule has 1 aliphatic rings. The summed E-state index contributed by atoms with van der Waals surface area (Å²) in [6.07, 6.45) is 2.49. The van der Waals surface area contributed by atoms with Gasteiger partial charge in [0.15, 0.2) is 0 Å². The number of rotatable bonds is 4. The van der Waals surface area contributed by atoms with Crippen LogP contribution in [0, 0.1) is 5.92 Å². The number of thioether (sulfide) groups is 1. The minimum atomic E-state index is -0.117. The van der Waals surface area contributed by atoms with Crippen molar-refractivity contribution < 1.29 is 9.59 Å². The number of nitrogens with zero attached hydrogens (tertiary/aromatic N) is 2. The molecule has 1 aliphatic heterocycles. The summed E-state index contributed by atoms with van der Waals surface area (Å²) in [6.45, 7) is 7.60. The zero-order valence-corrected chi connectivity index (χ0v) is 12.8. The summed E-state index contributed by atoms with van der Waals surface area (Å²) >= 11 is 1.53. The molecule has 2 amide bonds. The van der Waals surface area contributed by atoms with Crippen LogP contribution in [0.2, 0.25) is 0 Å². The van der Waals surface area contributed by atoms with Gasteiger partial charge in [0.2, 0.25) is 11.8 Å². The Hall–Kier alpha value is -0.710. The molecular weight excluding hydrogens is 248 g/mol. The molecule has 0 spiro atoms. The van der Waals surface area contributed by atoms with E-state index < -0.39 is 0 Å². The van der Waals surface area contributed by atoms with Crippen LogP contribution < -0.4 is 0 Å². The van der Waals surface area contributed by atoms with E-state index in [9.17, 15) is 9.59 Å². The molecule has 104 valence electrons. The fourth-order valence-corrected chi connectivity index (χ4v) is 2.74. The van der Waals surface area contributed by atoms with E-state index in [0.717, 1.165) is 6.54 Å². The van der Waals surface area contributed by atoms with E-state index >= 15 is 0 Å². The van der Waals surface area contributed by atoms with E-state index in [1.807, 2.05) is 18.2 Å². The van der Waals surface area contributed by atoms with Gasteiger partial charge in [-0.05, 0) is 27.0 Å². The molecule has 1 saturated heterocycles. The first kappa shape index (κ1) is 15.3. The summed E-state index contributed by atoms with van der Waals surface area (Å²) < 4.78 is 0. The van der Waals surface area contributed by atoms with E-state index in [1.165, 1.54) is 11.8 Å². The molecule has 0 aromatic rings. The fraction of sp³-hybridized carbons (Fsp3) is 0.846. The van der Waals surface area contributed by atoms with Crippen molar-refractivity contribution in [2.45, 2.75) is 32.7 Å². The van der Waals surface area contributed by atoms with Crippen LogP contribution in [0.5, 0.6) is 0 Å². The van der Waals surface area contributed by atoms with Crippen LogP contribution in [0.4, 0.5) is 0 Å². The molecule has 0 aromatic heterocycles. The Morgan fingerprint density at radius 3 is 2.56 bits per heavy atom. The Morgan fingerprint density at radius 2 is 2.11 bits per heavy atom. The highest BCUT2D eigenvalue weighted by Gasteiger charge is 2.36. The fourth-order valence-electron chi connectivity index (χ4n) is 2.27. The van der Waals surface area contributed by atoms with E-state index in [4.69, 9.17) is 0 Å². The van der Waals surface area contributed by atoms with Crippen molar-refractivity contribution in [2.24, 2.45) is 5.92 Å². The SMILES string of the molecule is CSCC(=O)N(C)CC1CC(=O)N(C(C)(C)C)C1. The molecule has 1 unspecified atom stereocenters. The van der Waals surface area contributed by atoms with Crippen molar-refractivity contribution in [3.63, 3.8) is 0 Å². The number of likely N-dealkylation sites (tertiary alicyclic amines) is 1. The summed E-state index contributed by atoms with van der Waals surface area (Å²) in [6, 6.07) is 0. The summed E-state index contributed by atoms with van der Waals surface area (Å²) in [7, 11) is 1.82. The Labute approximate surface area is 114 Å². The Morgan fingerprint density at radius 1 is 1.50 bits per heavy atom. The maximum atomic E-state index is 11.9. The van der Waals surface area contributed by atoms with Gasteiger partial charge in [0.1, 0.15) is 0 Å². The molecule has 1 atom stereocenters. The Balaban J connectivity index is 2.52. The molecule has 0 saturated carbocycles. The molecule has 0 aliphatic carbocycles. The Kier molecular flexibility index (Phi) is 5.08. The highest BCUT2D eigenvalue weighted by atomic mass is 32.2. The van der Waals surface area contributed by atoms with Gasteiger partial charge in [0, 0.05) is 38.0 Å². The third-order valence-electron chi connectivity index (χ3n) is 3.24. The van der Waals surface area contributed by atoms with Gasteiger partial charge in [-0.25, -0.2) is 0 Å². The highest BCUT2D eigenvalue weighted by molar-refractivity contribution is 7.99. The summed E-state index contributed by atoms with van der Waals surface area (Å²) in [4.78, 5) is 27.3. The van der Waals surface area contributed by atoms with E-state index in [0.29, 0.717) is 18.7 Å². The second-order valence-electron chi connectivity index (χ2n) is 5.95. The maximum Gasteiger partial charge on any atom is 0.232 e. The van der Waals surface area contributed by atoms with Crippen LogP contribution in [0.25, 0.3) is 0 Å². The lowest BCUT2D eigenvalue weighted by Gasteiger charge is -2.32. The van der Waals surface area contributed by atoms with Gasteiger partial charge in [-0.3, -0.25) is 9.59 Å². The van der Waals surface area contributed by atoms with Crippen LogP contribution in [-0.2, 0) is 9.59 Å². The third kappa shape index (κ3) is 3.90. The van der Waals surface area contributed by atoms with Gasteiger partial charge in [-0.15, -0.1) is 0 Å². The Bertz CT molecular complexity index is 325. The average molecular weight is 272 g/mol. The van der Waals surface area contributed by atoms with Crippen molar-refractivity contribution in [3.8, 4) is 0 Å². The van der Waals surface area contributed by atoms with Crippen molar-refractivity contribution in [1.29, 1.82) is 0 Å². The van der Waals surface area contributed by atoms with Crippen molar-refractivity contribution in [3.05, 3.63) is 0 Å². The van der Waals surface area contributed by atoms with Gasteiger partial charge in [0.05, 0.1) is 5.75 Å². The topological polar surface area (TPSA) is 40.6 Å². The molecule has 1 heterocycles. The molecular formula is C13H24N2O2S. The van der Waals surface area contributed by atoms with Gasteiger partial charge in [-0.1, -0.05) is 0 Å². The lowest BCUT2D eigenvalue weighted by atomic mass is 10.1. The number of amides is 2. The minimum absolute atomic E-state index is 0.117. The second-order valence-corrected chi connectivity index (χ2v) is 6.82. The molecule has 0 aromatic carbocycles. The van der Waals surface area contributed by atoms with Crippen LogP contribution in [-0.4, -0.2) is 59.3 Å². The predicted molar refractivity (Wildman–Crippen MR) is 75.6 cm³/mol. The molecule has 0 N–H and O–H groups in total. The molecule has 1 rings (SSSR count). The van der Waals surface area contributed by atoms with Crippen LogP contribution in [0.1, 0.15) is 27.2 Å². The zero-order valence-electron chi connectivity index (χ0n) is 12.0. The van der Waals surface area contributed by atoms with E-state index in [1.54, 1.807) is 4.90 Å². The minimum Gasteiger partial charge on any atom is -0.345 e. The van der Waals surface area contributed by atoms with Gasteiger partial charge >= 0.3 is 0 Å². The van der Waals surface area contributed by atoms with Crippen molar-refractivity contribution >= 4 is 23.6 Å². The quantitative estimate of drug-likeness (QED) is 0.778. The van der Waals surface area contributed by atoms with E-state index in [-0.39, 0.29) is 23.3 Å². The van der Waals surface area contributed by atoms with Gasteiger partial charge in [-0.2, -0.15) is 11.8 Å². The highest BCUT2D eigenvalue weighted by Crippen LogP contribution is 2.26. The number of carbonyl (C=O) groups is 2. The second kappa shape index (κ2) is 5.95. The standard InChI is InChI=1S/C13H24N2O2S/c1-13(2,3)15-8-10(6-11(15)16)7-14(4)12(17)9-18-5/h10H,6-9H2,1-5H3. The van der Waals surface area contributed by atoms with Crippen molar-refractivity contribution in [1.82, 2.24) is 9.80 Å². The lowest BCUT2D eigenvalue weighted by Crippen LogP contribution is -2.43. The number of carbonyl (C=O) groups excluding carboxylic acids is 2. The lowest BCUT2D eigenvalue weighted by molar-refractivity contribution is -0.131. The van der Waals surface area contributed by atoms with Crippen molar-refractivity contribution in [2.75, 3.05) is 32.1 Å². The summed E-state index contributed by atoms with van der Waals surface area (Å²) in [5, 5.41) is 0. The molecule has 4 nitrogen and oxygen atoms in total. The number of hydrogen-bond donors (Lipinski definition) is 0. The first-order valence-corrected chi connectivity index (χ1v) is 7.68. The molecule has 0 bridgehead atoms. The molecule has 1 fully saturated rings. The van der Waals surface area contributed by atoms with Crippen LogP contribution in [0.3, 0.4) is 0 Å². The first-order chi connectivity index (χ1) is 8.25. The maximum absolute atomic E-state index is 11.9. The monoisotopic (exact) mass is 272 g/mol. The van der Waals surface area contributed by atoms with Gasteiger partial charge < -0.3 is 9.80 Å². The van der Waals surface area contributed by atoms with Crippen LogP contribution >= 0.6 is 11.8 Å². The normalized spacial score (nSPS) is 20.4. The predicted octanol–water partition coefficient (Wildman–Crippen LogP) is 1.45. The van der Waals surface area contributed by atoms with Gasteiger partial charge in [0.25, 0.3) is 0 Å². The summed E-state index contributed by atoms with van der Waals surface area (Å²) in [5.74, 6) is 1.13. The molecule has 5 heteroatoms. The number of hydrogen-bond acceptors (Lipinski definition) is 3. The smallest absolute Gasteiger partial charge is 0.232 e. The first-order valence-electron chi connectivity index (χ1n) is 6.29. The zero-order chi connectivity index (χ0) is 13.9. The average Bonchev–Trinajstić information content (AvgIpc) is 2.59. The summed E-state index contributed by atoms with van der Waals surface area (Å²) in [5.41, 5.74) is -0.117. The largest absolute Gasteiger partial charge is 0.345 e.